The molecule has 0 aliphatic heterocycles. The van der Waals surface area contributed by atoms with Gasteiger partial charge in [-0.3, -0.25) is 4.79 Å². The van der Waals surface area contributed by atoms with Gasteiger partial charge in [0.15, 0.2) is 5.78 Å². The molecule has 1 aromatic heterocycles. The van der Waals surface area contributed by atoms with Gasteiger partial charge >= 0.3 is 6.18 Å². The molecule has 0 aliphatic carbocycles. The van der Waals surface area contributed by atoms with Crippen molar-refractivity contribution in [1.82, 2.24) is 14.8 Å². The van der Waals surface area contributed by atoms with Crippen LogP contribution in [0.4, 0.5) is 17.6 Å². The highest BCUT2D eigenvalue weighted by molar-refractivity contribution is 6.01. The minimum Gasteiger partial charge on any atom is -0.291 e. The van der Waals surface area contributed by atoms with Gasteiger partial charge < -0.3 is 0 Å². The second-order valence-corrected chi connectivity index (χ2v) is 4.92. The summed E-state index contributed by atoms with van der Waals surface area (Å²) in [7, 11) is 0. The van der Waals surface area contributed by atoms with Gasteiger partial charge in [0.1, 0.15) is 24.0 Å². The van der Waals surface area contributed by atoms with Crippen LogP contribution in [0.2, 0.25) is 0 Å². The third kappa shape index (κ3) is 2.79. The average molecular weight is 301 g/mol. The maximum Gasteiger partial charge on any atom is 0.416 e. The fourth-order valence-corrected chi connectivity index (χ4v) is 1.81. The molecular weight excluding hydrogens is 290 g/mol. The summed E-state index contributed by atoms with van der Waals surface area (Å²) >= 11 is 0. The number of aromatic nitrogens is 3. The molecule has 112 valence electrons. The van der Waals surface area contributed by atoms with Crippen molar-refractivity contribution < 1.29 is 22.4 Å². The zero-order valence-electron chi connectivity index (χ0n) is 11.1. The van der Waals surface area contributed by atoms with Crippen molar-refractivity contribution in [2.45, 2.75) is 25.6 Å². The SMILES string of the molecule is CC(C)(C(=O)c1ccc(C(F)(F)F)cc1F)n1cncn1. The van der Waals surface area contributed by atoms with Gasteiger partial charge in [-0.05, 0) is 32.0 Å². The smallest absolute Gasteiger partial charge is 0.291 e. The summed E-state index contributed by atoms with van der Waals surface area (Å²) in [4.78, 5) is 16.0. The number of carbonyl (C=O) groups is 1. The molecule has 0 aliphatic rings. The quantitative estimate of drug-likeness (QED) is 0.646. The molecule has 2 aromatic rings. The van der Waals surface area contributed by atoms with E-state index < -0.39 is 34.4 Å². The Morgan fingerprint density at radius 2 is 1.90 bits per heavy atom. The van der Waals surface area contributed by atoms with E-state index in [1.807, 2.05) is 0 Å². The van der Waals surface area contributed by atoms with E-state index in [-0.39, 0.29) is 0 Å². The van der Waals surface area contributed by atoms with Crippen LogP contribution in [0.5, 0.6) is 0 Å². The number of nitrogens with zero attached hydrogens (tertiary/aromatic N) is 3. The van der Waals surface area contributed by atoms with Crippen molar-refractivity contribution in [2.24, 2.45) is 0 Å². The van der Waals surface area contributed by atoms with Gasteiger partial charge in [-0.2, -0.15) is 18.3 Å². The standard InChI is InChI=1S/C13H11F4N3O/c1-12(2,20-7-18-6-19-20)11(21)9-4-3-8(5-10(9)14)13(15,16)17/h3-7H,1-2H3. The highest BCUT2D eigenvalue weighted by atomic mass is 19.4. The van der Waals surface area contributed by atoms with Crippen LogP contribution in [-0.4, -0.2) is 20.5 Å². The first kappa shape index (κ1) is 15.1. The summed E-state index contributed by atoms with van der Waals surface area (Å²) in [6.07, 6.45) is -2.18. The highest BCUT2D eigenvalue weighted by Gasteiger charge is 2.35. The zero-order valence-corrected chi connectivity index (χ0v) is 11.1. The summed E-state index contributed by atoms with van der Waals surface area (Å²) < 4.78 is 52.5. The molecule has 0 saturated carbocycles. The molecule has 0 atom stereocenters. The van der Waals surface area contributed by atoms with Gasteiger partial charge in [0, 0.05) is 0 Å². The largest absolute Gasteiger partial charge is 0.416 e. The van der Waals surface area contributed by atoms with E-state index in [1.54, 1.807) is 0 Å². The van der Waals surface area contributed by atoms with Crippen LogP contribution in [0, 0.1) is 5.82 Å². The average Bonchev–Trinajstić information content (AvgIpc) is 2.91. The lowest BCUT2D eigenvalue weighted by Crippen LogP contribution is -2.37. The molecule has 0 radical (unpaired) electrons. The van der Waals surface area contributed by atoms with Crippen LogP contribution in [-0.2, 0) is 11.7 Å². The second-order valence-electron chi connectivity index (χ2n) is 4.92. The number of benzene rings is 1. The molecule has 0 N–H and O–H groups in total. The van der Waals surface area contributed by atoms with Crippen LogP contribution in [0.25, 0.3) is 0 Å². The van der Waals surface area contributed by atoms with Crippen LogP contribution < -0.4 is 0 Å². The number of ketones is 1. The molecule has 1 heterocycles. The van der Waals surface area contributed by atoms with Crippen LogP contribution in [0.3, 0.4) is 0 Å². The molecule has 4 nitrogen and oxygen atoms in total. The summed E-state index contributed by atoms with van der Waals surface area (Å²) in [5.74, 6) is -1.91. The van der Waals surface area contributed by atoms with Gasteiger partial charge in [-0.25, -0.2) is 14.1 Å². The maximum absolute atomic E-state index is 13.8. The third-order valence-corrected chi connectivity index (χ3v) is 3.09. The van der Waals surface area contributed by atoms with Gasteiger partial charge in [0.05, 0.1) is 11.1 Å². The lowest BCUT2D eigenvalue weighted by atomic mass is 9.92. The van der Waals surface area contributed by atoms with Crippen molar-refractivity contribution in [1.29, 1.82) is 0 Å². The fraction of sp³-hybridized carbons (Fsp3) is 0.308. The molecule has 0 spiro atoms. The Balaban J connectivity index is 2.41. The third-order valence-electron chi connectivity index (χ3n) is 3.09. The number of hydrogen-bond acceptors (Lipinski definition) is 3. The van der Waals surface area contributed by atoms with E-state index in [1.165, 1.54) is 31.2 Å². The topological polar surface area (TPSA) is 47.8 Å². The molecular formula is C13H11F4N3O. The van der Waals surface area contributed by atoms with E-state index in [9.17, 15) is 22.4 Å². The van der Waals surface area contributed by atoms with Crippen molar-refractivity contribution in [2.75, 3.05) is 0 Å². The van der Waals surface area contributed by atoms with E-state index in [4.69, 9.17) is 0 Å². The number of rotatable bonds is 3. The Bertz CT molecular complexity index is 663. The molecule has 0 fully saturated rings. The zero-order chi connectivity index (χ0) is 15.8. The minimum absolute atomic E-state index is 0.310. The molecule has 8 heteroatoms. The number of hydrogen-bond donors (Lipinski definition) is 0. The van der Waals surface area contributed by atoms with Gasteiger partial charge in [-0.15, -0.1) is 0 Å². The van der Waals surface area contributed by atoms with Crippen LogP contribution in [0.15, 0.2) is 30.9 Å². The van der Waals surface area contributed by atoms with Crippen molar-refractivity contribution >= 4 is 5.78 Å². The number of carbonyl (C=O) groups excluding carboxylic acids is 1. The molecule has 2 rings (SSSR count). The number of Topliss-reactive ketones (excluding diaryl/α,β-unsaturated/α-hetero) is 1. The van der Waals surface area contributed by atoms with Crippen LogP contribution in [0.1, 0.15) is 29.8 Å². The summed E-state index contributed by atoms with van der Waals surface area (Å²) in [5.41, 5.74) is -2.84. The fourth-order valence-electron chi connectivity index (χ4n) is 1.81. The predicted octanol–water partition coefficient (Wildman–Crippen LogP) is 3.05. The van der Waals surface area contributed by atoms with E-state index in [0.29, 0.717) is 12.1 Å². The summed E-state index contributed by atoms with van der Waals surface area (Å²) in [6, 6.07) is 1.82. The lowest BCUT2D eigenvalue weighted by molar-refractivity contribution is -0.137. The van der Waals surface area contributed by atoms with Gasteiger partial charge in [0.25, 0.3) is 0 Å². The van der Waals surface area contributed by atoms with Gasteiger partial charge in [-0.1, -0.05) is 0 Å². The Labute approximate surface area is 117 Å². The molecule has 1 aromatic carbocycles. The van der Waals surface area contributed by atoms with Crippen molar-refractivity contribution in [3.63, 3.8) is 0 Å². The Kier molecular flexibility index (Phi) is 3.56. The minimum atomic E-state index is -4.66. The first-order valence-corrected chi connectivity index (χ1v) is 5.90. The highest BCUT2D eigenvalue weighted by Crippen LogP contribution is 2.31. The van der Waals surface area contributed by atoms with Crippen molar-refractivity contribution in [3.8, 4) is 0 Å². The number of alkyl halides is 3. The Morgan fingerprint density at radius 3 is 2.38 bits per heavy atom. The molecule has 0 saturated heterocycles. The number of halogens is 4. The normalized spacial score (nSPS) is 12.5. The summed E-state index contributed by atoms with van der Waals surface area (Å²) in [6.45, 7) is 2.95. The van der Waals surface area contributed by atoms with Crippen molar-refractivity contribution in [3.05, 3.63) is 47.8 Å². The molecule has 0 unspecified atom stereocenters. The molecule has 0 amide bonds. The first-order chi connectivity index (χ1) is 9.64. The first-order valence-electron chi connectivity index (χ1n) is 5.90. The van der Waals surface area contributed by atoms with Gasteiger partial charge in [0.2, 0.25) is 0 Å². The molecule has 0 bridgehead atoms. The maximum atomic E-state index is 13.8. The lowest BCUT2D eigenvalue weighted by Gasteiger charge is -2.23. The Hall–Kier alpha value is -2.25. The van der Waals surface area contributed by atoms with E-state index in [2.05, 4.69) is 10.1 Å². The predicted molar refractivity (Wildman–Crippen MR) is 65.1 cm³/mol. The second kappa shape index (κ2) is 4.94. The monoisotopic (exact) mass is 301 g/mol. The summed E-state index contributed by atoms with van der Waals surface area (Å²) in [5, 5.41) is 3.80. The van der Waals surface area contributed by atoms with Crippen LogP contribution >= 0.6 is 0 Å². The molecule has 21 heavy (non-hydrogen) atoms. The van der Waals surface area contributed by atoms with E-state index >= 15 is 0 Å². The van der Waals surface area contributed by atoms with E-state index in [0.717, 1.165) is 6.07 Å². The Morgan fingerprint density at radius 1 is 1.24 bits per heavy atom.